The van der Waals surface area contributed by atoms with E-state index in [1.165, 1.54) is 0 Å². The van der Waals surface area contributed by atoms with Gasteiger partial charge in [-0.15, -0.1) is 0 Å². The van der Waals surface area contributed by atoms with Gasteiger partial charge in [0.15, 0.2) is 5.56 Å². The Hall–Kier alpha value is -2.50. The quantitative estimate of drug-likeness (QED) is 0.559. The maximum atomic E-state index is 13.8. The maximum absolute atomic E-state index is 13.8. The molecule has 26 heavy (non-hydrogen) atoms. The van der Waals surface area contributed by atoms with Crippen molar-refractivity contribution >= 4 is 40.1 Å². The summed E-state index contributed by atoms with van der Waals surface area (Å²) in [5, 5.41) is 13.8. The normalized spacial score (nSPS) is 10.5. The number of carboxylic acids is 1. The second-order valence-electron chi connectivity index (χ2n) is 4.80. The van der Waals surface area contributed by atoms with Gasteiger partial charge >= 0.3 is 12.0 Å². The van der Waals surface area contributed by atoms with Crippen LogP contribution in [-0.4, -0.2) is 34.6 Å². The molecule has 0 bridgehead atoms. The van der Waals surface area contributed by atoms with Crippen molar-refractivity contribution in [3.8, 4) is 5.88 Å². The summed E-state index contributed by atoms with van der Waals surface area (Å²) in [6.07, 6.45) is 0. The summed E-state index contributed by atoms with van der Waals surface area (Å²) in [5.74, 6) is -3.70. The minimum atomic E-state index is -1.43. The van der Waals surface area contributed by atoms with Gasteiger partial charge in [-0.2, -0.15) is 4.37 Å². The van der Waals surface area contributed by atoms with Crippen LogP contribution >= 0.6 is 23.1 Å². The van der Waals surface area contributed by atoms with E-state index < -0.39 is 41.4 Å². The van der Waals surface area contributed by atoms with Crippen molar-refractivity contribution in [2.24, 2.45) is 5.73 Å². The second-order valence-corrected chi connectivity index (χ2v) is 6.01. The first-order chi connectivity index (χ1) is 12.3. The highest BCUT2D eigenvalue weighted by molar-refractivity contribution is 7.11. The van der Waals surface area contributed by atoms with Crippen molar-refractivity contribution in [1.82, 2.24) is 9.69 Å². The summed E-state index contributed by atoms with van der Waals surface area (Å²) in [6.45, 7) is -0.225. The van der Waals surface area contributed by atoms with Gasteiger partial charge in [0, 0.05) is 18.1 Å². The highest BCUT2D eigenvalue weighted by atomic mass is 35.5. The number of ether oxygens (including phenoxy) is 1. The average molecular weight is 407 g/mol. The van der Waals surface area contributed by atoms with Gasteiger partial charge in [0.05, 0.1) is 5.56 Å². The summed E-state index contributed by atoms with van der Waals surface area (Å²) >= 11 is 6.18. The van der Waals surface area contributed by atoms with Gasteiger partial charge in [0.1, 0.15) is 23.2 Å². The van der Waals surface area contributed by atoms with Gasteiger partial charge in [-0.25, -0.2) is 18.4 Å². The lowest BCUT2D eigenvalue weighted by molar-refractivity contribution is 0.0693. The number of benzene rings is 1. The Balaban J connectivity index is 2.18. The molecular formula is C14H13ClF2N4O4S. The molecule has 2 rings (SSSR count). The van der Waals surface area contributed by atoms with Gasteiger partial charge in [0.25, 0.3) is 0 Å². The molecule has 0 atom stereocenters. The van der Waals surface area contributed by atoms with Crippen molar-refractivity contribution in [3.63, 3.8) is 0 Å². The lowest BCUT2D eigenvalue weighted by Gasteiger charge is -2.08. The molecule has 0 saturated heterocycles. The van der Waals surface area contributed by atoms with E-state index in [1.54, 1.807) is 0 Å². The Kier molecular flexibility index (Phi) is 6.66. The largest absolute Gasteiger partial charge is 0.477 e. The minimum Gasteiger partial charge on any atom is -0.477 e. The van der Waals surface area contributed by atoms with E-state index in [0.29, 0.717) is 11.5 Å². The fourth-order valence-electron chi connectivity index (χ4n) is 1.83. The molecule has 0 radical (unpaired) electrons. The molecule has 1 aromatic heterocycles. The van der Waals surface area contributed by atoms with Crippen molar-refractivity contribution < 1.29 is 28.2 Å². The fraction of sp³-hybridized carbons (Fsp3) is 0.214. The van der Waals surface area contributed by atoms with Crippen molar-refractivity contribution in [1.29, 1.82) is 0 Å². The number of aromatic nitrogens is 1. The Labute approximate surface area is 155 Å². The first kappa shape index (κ1) is 19.8. The summed E-state index contributed by atoms with van der Waals surface area (Å²) in [4.78, 5) is 23.0. The van der Waals surface area contributed by atoms with Gasteiger partial charge in [-0.05, 0) is 23.7 Å². The van der Waals surface area contributed by atoms with Crippen LogP contribution in [0.25, 0.3) is 0 Å². The molecule has 1 heterocycles. The number of urea groups is 1. The molecule has 2 amide bonds. The summed E-state index contributed by atoms with van der Waals surface area (Å²) < 4.78 is 36.4. The first-order valence-electron chi connectivity index (χ1n) is 7.07. The van der Waals surface area contributed by atoms with Crippen LogP contribution < -0.4 is 21.1 Å². The number of carbonyl (C=O) groups excluding carboxylic acids is 1. The molecule has 0 aliphatic rings. The molecular weight excluding hydrogens is 394 g/mol. The van der Waals surface area contributed by atoms with Gasteiger partial charge in [-0.3, -0.25) is 5.32 Å². The van der Waals surface area contributed by atoms with Crippen LogP contribution in [0, 0.1) is 11.6 Å². The summed E-state index contributed by atoms with van der Waals surface area (Å²) in [5.41, 5.74) is 4.37. The number of aromatic carboxylic acids is 1. The third kappa shape index (κ3) is 4.77. The van der Waals surface area contributed by atoms with Crippen LogP contribution in [0.15, 0.2) is 12.1 Å². The number of carbonyl (C=O) groups is 2. The zero-order chi connectivity index (χ0) is 19.3. The van der Waals surface area contributed by atoms with E-state index in [2.05, 4.69) is 15.0 Å². The molecule has 2 aromatic rings. The van der Waals surface area contributed by atoms with Crippen LogP contribution in [0.3, 0.4) is 0 Å². The Morgan fingerprint density at radius 1 is 1.35 bits per heavy atom. The summed E-state index contributed by atoms with van der Waals surface area (Å²) in [7, 11) is 0. The van der Waals surface area contributed by atoms with Crippen molar-refractivity contribution in [2.75, 3.05) is 18.4 Å². The van der Waals surface area contributed by atoms with E-state index in [9.17, 15) is 23.5 Å². The van der Waals surface area contributed by atoms with Crippen molar-refractivity contribution in [2.45, 2.75) is 6.61 Å². The highest BCUT2D eigenvalue weighted by Crippen LogP contribution is 2.31. The van der Waals surface area contributed by atoms with Crippen LogP contribution in [0.1, 0.15) is 15.9 Å². The molecule has 1 aromatic carbocycles. The smallest absolute Gasteiger partial charge is 0.344 e. The average Bonchev–Trinajstić information content (AvgIpc) is 2.94. The van der Waals surface area contributed by atoms with E-state index in [-0.39, 0.29) is 29.0 Å². The molecule has 0 fully saturated rings. The van der Waals surface area contributed by atoms with E-state index in [1.807, 2.05) is 0 Å². The summed E-state index contributed by atoms with van der Waals surface area (Å²) in [6, 6.07) is 1.12. The molecule has 12 heteroatoms. The first-order valence-corrected chi connectivity index (χ1v) is 8.22. The van der Waals surface area contributed by atoms with Gasteiger partial charge < -0.3 is 20.9 Å². The van der Waals surface area contributed by atoms with Crippen LogP contribution in [0.4, 0.5) is 18.6 Å². The van der Waals surface area contributed by atoms with E-state index in [0.717, 1.165) is 12.1 Å². The molecule has 8 nitrogen and oxygen atoms in total. The second kappa shape index (κ2) is 8.74. The Morgan fingerprint density at radius 3 is 2.58 bits per heavy atom. The lowest BCUT2D eigenvalue weighted by atomic mass is 10.2. The third-order valence-corrected chi connectivity index (χ3v) is 3.95. The van der Waals surface area contributed by atoms with Gasteiger partial charge in [0.2, 0.25) is 5.88 Å². The molecule has 0 unspecified atom stereocenters. The number of anilines is 1. The number of rotatable bonds is 7. The number of nitrogens with zero attached hydrogens (tertiary/aromatic N) is 1. The number of nitrogens with two attached hydrogens (primary N) is 1. The van der Waals surface area contributed by atoms with Crippen LogP contribution in [0.5, 0.6) is 5.88 Å². The van der Waals surface area contributed by atoms with Crippen LogP contribution in [-0.2, 0) is 6.61 Å². The molecule has 0 aliphatic carbocycles. The van der Waals surface area contributed by atoms with Crippen LogP contribution in [0.2, 0.25) is 5.02 Å². The SMILES string of the molecule is NCCNC(=O)Nc1snc(OCc2c(F)cc(Cl)cc2F)c1C(=O)O. The zero-order valence-electron chi connectivity index (χ0n) is 13.0. The zero-order valence-corrected chi connectivity index (χ0v) is 14.6. The molecule has 0 spiro atoms. The topological polar surface area (TPSA) is 127 Å². The standard InChI is InChI=1S/C14H13ClF2N4O4S/c15-6-3-8(16)7(9(17)4-6)5-25-11-10(13(22)23)12(26-21-11)20-14(24)19-2-1-18/h3-4H,1-2,5,18H2,(H,22,23)(H2,19,20,24). The Bertz CT molecular complexity index is 810. The predicted molar refractivity (Wildman–Crippen MR) is 90.8 cm³/mol. The van der Waals surface area contributed by atoms with E-state index >= 15 is 0 Å². The number of halogens is 3. The van der Waals surface area contributed by atoms with E-state index in [4.69, 9.17) is 22.1 Å². The molecule has 5 N–H and O–H groups in total. The van der Waals surface area contributed by atoms with Gasteiger partial charge in [-0.1, -0.05) is 11.6 Å². The predicted octanol–water partition coefficient (Wildman–Crippen LogP) is 2.43. The third-order valence-electron chi connectivity index (χ3n) is 2.99. The molecule has 0 aliphatic heterocycles. The number of carboxylic acid groups (broad SMARTS) is 1. The Morgan fingerprint density at radius 2 is 2.00 bits per heavy atom. The number of amides is 2. The fourth-order valence-corrected chi connectivity index (χ4v) is 2.75. The maximum Gasteiger partial charge on any atom is 0.344 e. The minimum absolute atomic E-state index is 0.0981. The highest BCUT2D eigenvalue weighted by Gasteiger charge is 2.24. The number of hydrogen-bond donors (Lipinski definition) is 4. The monoisotopic (exact) mass is 406 g/mol. The molecule has 140 valence electrons. The molecule has 0 saturated carbocycles. The number of nitrogens with one attached hydrogen (secondary N) is 2. The lowest BCUT2D eigenvalue weighted by Crippen LogP contribution is -2.33. The van der Waals surface area contributed by atoms with Crippen molar-refractivity contribution in [3.05, 3.63) is 39.9 Å². The number of hydrogen-bond acceptors (Lipinski definition) is 6.